The second kappa shape index (κ2) is 4.94. The molecule has 22 heavy (non-hydrogen) atoms. The second-order valence-corrected chi connectivity index (χ2v) is 6.23. The van der Waals surface area contributed by atoms with E-state index in [1.165, 1.54) is 10.1 Å². The van der Waals surface area contributed by atoms with Crippen LogP contribution in [0.15, 0.2) is 38.5 Å². The van der Waals surface area contributed by atoms with Crippen LogP contribution in [-0.4, -0.2) is 19.9 Å². The summed E-state index contributed by atoms with van der Waals surface area (Å²) in [7, 11) is 0. The van der Waals surface area contributed by atoms with Crippen molar-refractivity contribution in [3.8, 4) is 0 Å². The Bertz CT molecular complexity index is 926. The molecule has 3 rings (SSSR count). The number of hydrogen-bond donors (Lipinski definition) is 1. The number of aromatic nitrogens is 4. The number of nitrogens with zero attached hydrogens (tertiary/aromatic N) is 3. The SMILES string of the molecule is CC(C)(C)c1ccc(Cn2c(=O)c(=O)[nH]c3nonc32)cc1. The van der Waals surface area contributed by atoms with Crippen LogP contribution in [0.25, 0.3) is 11.3 Å². The Morgan fingerprint density at radius 1 is 1.14 bits per heavy atom. The van der Waals surface area contributed by atoms with Gasteiger partial charge in [-0.2, -0.15) is 0 Å². The molecule has 3 aromatic rings. The lowest BCUT2D eigenvalue weighted by Gasteiger charge is -2.19. The van der Waals surface area contributed by atoms with Crippen molar-refractivity contribution >= 4 is 11.3 Å². The molecule has 0 aliphatic carbocycles. The summed E-state index contributed by atoms with van der Waals surface area (Å²) in [5.41, 5.74) is 1.12. The van der Waals surface area contributed by atoms with Gasteiger partial charge in [0.1, 0.15) is 0 Å². The van der Waals surface area contributed by atoms with E-state index in [1.807, 2.05) is 24.3 Å². The van der Waals surface area contributed by atoms with E-state index in [-0.39, 0.29) is 23.3 Å². The summed E-state index contributed by atoms with van der Waals surface area (Å²) in [5, 5.41) is 7.25. The lowest BCUT2D eigenvalue weighted by atomic mass is 9.87. The first-order valence-electron chi connectivity index (χ1n) is 6.91. The molecule has 7 nitrogen and oxygen atoms in total. The molecule has 1 N–H and O–H groups in total. The predicted molar refractivity (Wildman–Crippen MR) is 80.9 cm³/mol. The molecule has 0 bridgehead atoms. The third-order valence-corrected chi connectivity index (χ3v) is 3.56. The van der Waals surface area contributed by atoms with Crippen molar-refractivity contribution in [3.05, 3.63) is 56.1 Å². The first-order chi connectivity index (χ1) is 10.4. The highest BCUT2D eigenvalue weighted by molar-refractivity contribution is 5.62. The van der Waals surface area contributed by atoms with Crippen molar-refractivity contribution in [2.75, 3.05) is 0 Å². The number of rotatable bonds is 2. The van der Waals surface area contributed by atoms with Crippen molar-refractivity contribution in [2.24, 2.45) is 0 Å². The topological polar surface area (TPSA) is 93.8 Å². The number of nitrogens with one attached hydrogen (secondary N) is 1. The van der Waals surface area contributed by atoms with Crippen LogP contribution in [0, 0.1) is 0 Å². The highest BCUT2D eigenvalue weighted by Gasteiger charge is 2.15. The van der Waals surface area contributed by atoms with Gasteiger partial charge in [-0.25, -0.2) is 4.63 Å². The fraction of sp³-hybridized carbons (Fsp3) is 0.333. The summed E-state index contributed by atoms with van der Waals surface area (Å²) in [6, 6.07) is 7.92. The van der Waals surface area contributed by atoms with E-state index in [2.05, 4.69) is 40.7 Å². The summed E-state index contributed by atoms with van der Waals surface area (Å²) in [4.78, 5) is 26.0. The van der Waals surface area contributed by atoms with Gasteiger partial charge in [0.2, 0.25) is 11.3 Å². The quantitative estimate of drug-likeness (QED) is 0.722. The highest BCUT2D eigenvalue weighted by atomic mass is 16.6. The van der Waals surface area contributed by atoms with Crippen LogP contribution in [0.3, 0.4) is 0 Å². The number of hydrogen-bond acceptors (Lipinski definition) is 5. The Labute approximate surface area is 125 Å². The molecule has 0 radical (unpaired) electrons. The number of H-pyrrole nitrogens is 1. The predicted octanol–water partition coefficient (Wildman–Crippen LogP) is 1.42. The Morgan fingerprint density at radius 3 is 2.45 bits per heavy atom. The third-order valence-electron chi connectivity index (χ3n) is 3.56. The van der Waals surface area contributed by atoms with Gasteiger partial charge >= 0.3 is 11.1 Å². The van der Waals surface area contributed by atoms with Crippen molar-refractivity contribution in [1.82, 2.24) is 19.9 Å². The molecule has 0 unspecified atom stereocenters. The maximum absolute atomic E-state index is 12.0. The van der Waals surface area contributed by atoms with Crippen molar-refractivity contribution in [3.63, 3.8) is 0 Å². The molecule has 0 saturated heterocycles. The molecule has 0 atom stereocenters. The fourth-order valence-electron chi connectivity index (χ4n) is 2.26. The molecule has 2 aromatic heterocycles. The Morgan fingerprint density at radius 2 is 1.82 bits per heavy atom. The molecule has 114 valence electrons. The molecule has 2 heterocycles. The molecule has 0 spiro atoms. The van der Waals surface area contributed by atoms with Crippen LogP contribution >= 0.6 is 0 Å². The van der Waals surface area contributed by atoms with Crippen LogP contribution in [0.5, 0.6) is 0 Å². The van der Waals surface area contributed by atoms with E-state index in [1.54, 1.807) is 0 Å². The van der Waals surface area contributed by atoms with E-state index in [0.717, 1.165) is 5.56 Å². The second-order valence-electron chi connectivity index (χ2n) is 6.23. The maximum Gasteiger partial charge on any atom is 0.318 e. The van der Waals surface area contributed by atoms with E-state index in [0.29, 0.717) is 0 Å². The van der Waals surface area contributed by atoms with E-state index < -0.39 is 11.1 Å². The minimum Gasteiger partial charge on any atom is -0.296 e. The highest BCUT2D eigenvalue weighted by Crippen LogP contribution is 2.22. The van der Waals surface area contributed by atoms with Gasteiger partial charge in [-0.05, 0) is 26.9 Å². The molecule has 1 aromatic carbocycles. The molecular formula is C15H16N4O3. The molecule has 0 aliphatic heterocycles. The summed E-state index contributed by atoms with van der Waals surface area (Å²) >= 11 is 0. The molecule has 0 saturated carbocycles. The average molecular weight is 300 g/mol. The molecule has 7 heteroatoms. The molecule has 0 amide bonds. The van der Waals surface area contributed by atoms with Gasteiger partial charge in [-0.1, -0.05) is 45.0 Å². The summed E-state index contributed by atoms with van der Waals surface area (Å²) in [6.07, 6.45) is 0. The number of fused-ring (bicyclic) bond motifs is 1. The molecular weight excluding hydrogens is 284 g/mol. The fourth-order valence-corrected chi connectivity index (χ4v) is 2.26. The monoisotopic (exact) mass is 300 g/mol. The van der Waals surface area contributed by atoms with Gasteiger partial charge < -0.3 is 0 Å². The van der Waals surface area contributed by atoms with Crippen LogP contribution in [0.4, 0.5) is 0 Å². The van der Waals surface area contributed by atoms with Crippen LogP contribution in [0.1, 0.15) is 31.9 Å². The largest absolute Gasteiger partial charge is 0.318 e. The number of benzene rings is 1. The first kappa shape index (κ1) is 14.2. The molecule has 0 aliphatic rings. The first-order valence-corrected chi connectivity index (χ1v) is 6.91. The van der Waals surface area contributed by atoms with Gasteiger partial charge in [0, 0.05) is 0 Å². The Hall–Kier alpha value is -2.70. The van der Waals surface area contributed by atoms with Crippen LogP contribution in [-0.2, 0) is 12.0 Å². The van der Waals surface area contributed by atoms with E-state index >= 15 is 0 Å². The third kappa shape index (κ3) is 2.45. The van der Waals surface area contributed by atoms with Gasteiger partial charge in [0.05, 0.1) is 6.54 Å². The van der Waals surface area contributed by atoms with Crippen molar-refractivity contribution in [2.45, 2.75) is 32.7 Å². The normalized spacial score (nSPS) is 12.0. The standard InChI is InChI=1S/C15H16N4O3/c1-15(2,3)10-6-4-9(5-7-10)8-19-12-11(17-22-18-12)16-13(20)14(19)21/h4-7H,8H2,1-3H3,(H,16,17,20). The number of aromatic amines is 1. The summed E-state index contributed by atoms with van der Waals surface area (Å²) in [6.45, 7) is 6.63. The lowest BCUT2D eigenvalue weighted by Crippen LogP contribution is -2.36. The van der Waals surface area contributed by atoms with Gasteiger partial charge in [0.15, 0.2) is 0 Å². The zero-order valence-electron chi connectivity index (χ0n) is 12.6. The smallest absolute Gasteiger partial charge is 0.296 e. The van der Waals surface area contributed by atoms with Gasteiger partial charge in [0.25, 0.3) is 0 Å². The van der Waals surface area contributed by atoms with Crippen LogP contribution in [0.2, 0.25) is 0 Å². The maximum atomic E-state index is 12.0. The van der Waals surface area contributed by atoms with Gasteiger partial charge in [-0.3, -0.25) is 19.1 Å². The zero-order chi connectivity index (χ0) is 15.9. The van der Waals surface area contributed by atoms with Crippen LogP contribution < -0.4 is 11.1 Å². The van der Waals surface area contributed by atoms with Crippen molar-refractivity contribution < 1.29 is 4.63 Å². The van der Waals surface area contributed by atoms with E-state index in [4.69, 9.17) is 0 Å². The Balaban J connectivity index is 2.04. The summed E-state index contributed by atoms with van der Waals surface area (Å²) < 4.78 is 5.85. The minimum absolute atomic E-state index is 0.0581. The summed E-state index contributed by atoms with van der Waals surface area (Å²) in [5.74, 6) is 0. The average Bonchev–Trinajstić information content (AvgIpc) is 2.91. The molecule has 0 fully saturated rings. The van der Waals surface area contributed by atoms with E-state index in [9.17, 15) is 9.59 Å². The lowest BCUT2D eigenvalue weighted by molar-refractivity contribution is 0.313. The minimum atomic E-state index is -0.741. The van der Waals surface area contributed by atoms with Crippen molar-refractivity contribution in [1.29, 1.82) is 0 Å². The Kier molecular flexibility index (Phi) is 3.20. The zero-order valence-corrected chi connectivity index (χ0v) is 12.6. The van der Waals surface area contributed by atoms with Gasteiger partial charge in [-0.15, -0.1) is 0 Å².